The Kier molecular flexibility index (Phi) is 7.12. The molecule has 0 amide bonds. The molecule has 4 atom stereocenters. The average Bonchev–Trinajstić information content (AvgIpc) is 2.90. The lowest BCUT2D eigenvalue weighted by atomic mass is 9.85. The zero-order valence-electron chi connectivity index (χ0n) is 15.6. The van der Waals surface area contributed by atoms with E-state index in [1.165, 1.54) is 13.0 Å². The lowest BCUT2D eigenvalue weighted by molar-refractivity contribution is -0.147. The lowest BCUT2D eigenvalue weighted by Gasteiger charge is -2.28. The van der Waals surface area contributed by atoms with E-state index in [1.54, 1.807) is 19.1 Å². The van der Waals surface area contributed by atoms with E-state index in [-0.39, 0.29) is 37.2 Å². The van der Waals surface area contributed by atoms with Crippen LogP contribution in [0, 0.1) is 5.92 Å². The fourth-order valence-electron chi connectivity index (χ4n) is 3.18. The number of carbonyl (C=O) groups is 2. The number of aliphatic hydroxyl groups is 3. The van der Waals surface area contributed by atoms with Gasteiger partial charge in [0.2, 0.25) is 0 Å². The maximum absolute atomic E-state index is 12.3. The highest BCUT2D eigenvalue weighted by molar-refractivity contribution is 5.92. The maximum atomic E-state index is 12.3. The van der Waals surface area contributed by atoms with Crippen LogP contribution in [-0.4, -0.2) is 58.8 Å². The highest BCUT2D eigenvalue weighted by atomic mass is 16.6. The van der Waals surface area contributed by atoms with Gasteiger partial charge in [0, 0.05) is 17.6 Å². The first-order valence-corrected chi connectivity index (χ1v) is 8.82. The van der Waals surface area contributed by atoms with Crippen LogP contribution in [0.4, 0.5) is 0 Å². The van der Waals surface area contributed by atoms with Gasteiger partial charge in [0.1, 0.15) is 12.2 Å². The summed E-state index contributed by atoms with van der Waals surface area (Å²) in [6, 6.07) is 0. The van der Waals surface area contributed by atoms with E-state index in [9.17, 15) is 19.8 Å². The fraction of sp³-hybridized carbons (Fsp3) is 0.500. The number of ether oxygens (including phenoxy) is 2. The number of carbonyl (C=O) groups excluding carboxylic acids is 2. The number of fused-ring (bicyclic) bond motifs is 1. The van der Waals surface area contributed by atoms with Crippen molar-refractivity contribution in [2.75, 3.05) is 13.2 Å². The molecule has 148 valence electrons. The Hall–Kier alpha value is -2.22. The van der Waals surface area contributed by atoms with Crippen molar-refractivity contribution in [3.63, 3.8) is 0 Å². The SMILES string of the molecule is C=C1C(=O)O[C@@H]2/C=C(/C)[C@@H](O)C/C=C(\CO)C[C@@H](OC(=O)/C(C)=C/CO)[C@@H]12. The van der Waals surface area contributed by atoms with Gasteiger partial charge in [-0.15, -0.1) is 0 Å². The number of hydrogen-bond donors (Lipinski definition) is 3. The largest absolute Gasteiger partial charge is 0.458 e. The Morgan fingerprint density at radius 3 is 2.78 bits per heavy atom. The predicted molar refractivity (Wildman–Crippen MR) is 97.4 cm³/mol. The number of rotatable bonds is 4. The zero-order chi connectivity index (χ0) is 20.1. The molecule has 0 saturated carbocycles. The molecule has 0 aromatic rings. The van der Waals surface area contributed by atoms with Crippen molar-refractivity contribution < 1.29 is 34.4 Å². The maximum Gasteiger partial charge on any atom is 0.334 e. The van der Waals surface area contributed by atoms with E-state index in [1.807, 2.05) is 0 Å². The highest BCUT2D eigenvalue weighted by Crippen LogP contribution is 2.36. The van der Waals surface area contributed by atoms with Crippen molar-refractivity contribution in [1.82, 2.24) is 0 Å². The minimum atomic E-state index is -0.791. The molecule has 0 aromatic heterocycles. The second-order valence-corrected chi connectivity index (χ2v) is 6.82. The van der Waals surface area contributed by atoms with E-state index in [0.717, 1.165) is 0 Å². The van der Waals surface area contributed by atoms with Crippen LogP contribution in [0.15, 0.2) is 47.1 Å². The van der Waals surface area contributed by atoms with Crippen molar-refractivity contribution in [3.05, 3.63) is 47.1 Å². The molecular weight excluding hydrogens is 352 g/mol. The van der Waals surface area contributed by atoms with Gasteiger partial charge < -0.3 is 24.8 Å². The van der Waals surface area contributed by atoms with Gasteiger partial charge in [-0.05, 0) is 43.6 Å². The Morgan fingerprint density at radius 1 is 1.44 bits per heavy atom. The summed E-state index contributed by atoms with van der Waals surface area (Å²) >= 11 is 0. The van der Waals surface area contributed by atoms with Crippen LogP contribution in [-0.2, 0) is 19.1 Å². The average molecular weight is 378 g/mol. The summed E-state index contributed by atoms with van der Waals surface area (Å²) in [6.45, 7) is 6.46. The summed E-state index contributed by atoms with van der Waals surface area (Å²) in [5, 5.41) is 28.9. The molecule has 1 saturated heterocycles. The van der Waals surface area contributed by atoms with Gasteiger partial charge in [-0.2, -0.15) is 0 Å². The van der Waals surface area contributed by atoms with Crippen LogP contribution in [0.25, 0.3) is 0 Å². The van der Waals surface area contributed by atoms with Crippen molar-refractivity contribution in [2.45, 2.75) is 45.0 Å². The summed E-state index contributed by atoms with van der Waals surface area (Å²) in [5.74, 6) is -1.85. The summed E-state index contributed by atoms with van der Waals surface area (Å²) in [7, 11) is 0. The minimum absolute atomic E-state index is 0.172. The molecule has 7 heteroatoms. The summed E-state index contributed by atoms with van der Waals surface area (Å²) < 4.78 is 11.0. The molecule has 2 aliphatic rings. The quantitative estimate of drug-likeness (QED) is 0.379. The van der Waals surface area contributed by atoms with Crippen LogP contribution >= 0.6 is 0 Å². The van der Waals surface area contributed by atoms with E-state index in [4.69, 9.17) is 14.6 Å². The molecule has 3 N–H and O–H groups in total. The van der Waals surface area contributed by atoms with Gasteiger partial charge in [0.25, 0.3) is 0 Å². The first-order valence-electron chi connectivity index (χ1n) is 8.82. The van der Waals surface area contributed by atoms with Crippen molar-refractivity contribution >= 4 is 11.9 Å². The standard InChI is InChI=1S/C20H26O7/c1-11(6-7-21)19(24)26-17-9-14(10-22)4-5-15(23)12(2)8-16-18(17)13(3)20(25)27-16/h4,6,8,15-18,21-23H,3,5,7,9-10H2,1-2H3/b11-6+,12-8-,14-4-/t15-,16+,17+,18-/m0/s1. The first kappa shape index (κ1) is 21.1. The number of aliphatic hydroxyl groups excluding tert-OH is 3. The normalized spacial score (nSPS) is 33.3. The fourth-order valence-corrected chi connectivity index (χ4v) is 3.18. The second-order valence-electron chi connectivity index (χ2n) is 6.82. The van der Waals surface area contributed by atoms with Gasteiger partial charge in [-0.25, -0.2) is 9.59 Å². The van der Waals surface area contributed by atoms with Crippen molar-refractivity contribution in [3.8, 4) is 0 Å². The van der Waals surface area contributed by atoms with Crippen LogP contribution in [0.5, 0.6) is 0 Å². The van der Waals surface area contributed by atoms with E-state index in [0.29, 0.717) is 11.1 Å². The monoisotopic (exact) mass is 378 g/mol. The first-order chi connectivity index (χ1) is 12.8. The molecule has 27 heavy (non-hydrogen) atoms. The number of hydrogen-bond acceptors (Lipinski definition) is 7. The third-order valence-electron chi connectivity index (χ3n) is 4.89. The van der Waals surface area contributed by atoms with E-state index >= 15 is 0 Å². The molecule has 0 unspecified atom stereocenters. The van der Waals surface area contributed by atoms with Gasteiger partial charge in [-0.1, -0.05) is 12.7 Å². The number of esters is 2. The molecule has 1 aliphatic carbocycles. The van der Waals surface area contributed by atoms with E-state index in [2.05, 4.69) is 6.58 Å². The third kappa shape index (κ3) is 4.94. The molecule has 0 spiro atoms. The molecule has 2 rings (SSSR count). The molecule has 0 bridgehead atoms. The second kappa shape index (κ2) is 9.12. The van der Waals surface area contributed by atoms with Gasteiger partial charge >= 0.3 is 11.9 Å². The minimum Gasteiger partial charge on any atom is -0.458 e. The molecule has 1 aliphatic heterocycles. The van der Waals surface area contributed by atoms with Crippen LogP contribution < -0.4 is 0 Å². The van der Waals surface area contributed by atoms with Crippen molar-refractivity contribution in [1.29, 1.82) is 0 Å². The molecule has 1 fully saturated rings. The smallest absolute Gasteiger partial charge is 0.334 e. The van der Waals surface area contributed by atoms with Gasteiger partial charge in [0.05, 0.1) is 25.2 Å². The zero-order valence-corrected chi connectivity index (χ0v) is 15.6. The predicted octanol–water partition coefficient (Wildman–Crippen LogP) is 0.954. The Morgan fingerprint density at radius 2 is 2.15 bits per heavy atom. The topological polar surface area (TPSA) is 113 Å². The summed E-state index contributed by atoms with van der Waals surface area (Å²) in [4.78, 5) is 24.4. The summed E-state index contributed by atoms with van der Waals surface area (Å²) in [5.41, 5.74) is 1.61. The molecule has 1 heterocycles. The van der Waals surface area contributed by atoms with Gasteiger partial charge in [-0.3, -0.25) is 0 Å². The summed E-state index contributed by atoms with van der Waals surface area (Å²) in [6.07, 6.45) is 2.86. The van der Waals surface area contributed by atoms with Gasteiger partial charge in [0.15, 0.2) is 0 Å². The van der Waals surface area contributed by atoms with Crippen LogP contribution in [0.2, 0.25) is 0 Å². The lowest BCUT2D eigenvalue weighted by Crippen LogP contribution is -2.34. The van der Waals surface area contributed by atoms with E-state index < -0.39 is 36.2 Å². The van der Waals surface area contributed by atoms with Crippen LogP contribution in [0.3, 0.4) is 0 Å². The molecule has 0 aromatic carbocycles. The molecule has 7 nitrogen and oxygen atoms in total. The third-order valence-corrected chi connectivity index (χ3v) is 4.89. The molecular formula is C20H26O7. The van der Waals surface area contributed by atoms with Crippen molar-refractivity contribution in [2.24, 2.45) is 5.92 Å². The Bertz CT molecular complexity index is 699. The Balaban J connectivity index is 2.43. The van der Waals surface area contributed by atoms with Crippen LogP contribution in [0.1, 0.15) is 26.7 Å². The molecule has 0 radical (unpaired) electrons. The highest BCUT2D eigenvalue weighted by Gasteiger charge is 2.44. The Labute approximate surface area is 158 Å².